The largest absolute Gasteiger partial charge is 0.462 e. The number of unbranched alkanes of at least 4 members (excludes halogenated alkanes) is 10. The van der Waals surface area contributed by atoms with Crippen LogP contribution in [0.25, 0.3) is 0 Å². The van der Waals surface area contributed by atoms with Crippen LogP contribution in [0, 0.1) is 50.2 Å². The van der Waals surface area contributed by atoms with Crippen molar-refractivity contribution in [2.24, 2.45) is 50.2 Å². The van der Waals surface area contributed by atoms with Gasteiger partial charge < -0.3 is 9.84 Å². The van der Waals surface area contributed by atoms with Gasteiger partial charge in [0, 0.05) is 17.3 Å². The summed E-state index contributed by atoms with van der Waals surface area (Å²) in [5.41, 5.74) is 2.50. The smallest absolute Gasteiger partial charge is 0.306 e. The number of aliphatic hydroxyl groups excluding tert-OH is 1. The van der Waals surface area contributed by atoms with E-state index in [0.29, 0.717) is 29.6 Å². The summed E-state index contributed by atoms with van der Waals surface area (Å²) < 4.78 is 6.38. The van der Waals surface area contributed by atoms with Gasteiger partial charge in [-0.15, -0.1) is 0 Å². The molecular weight excluding hydrogens is 576 g/mol. The number of aliphatic hydroxyl groups is 1. The number of esters is 1. The lowest BCUT2D eigenvalue weighted by atomic mass is 9.33. The van der Waals surface area contributed by atoms with Crippen LogP contribution in [0.15, 0.2) is 11.6 Å². The molecule has 4 fully saturated rings. The first-order valence-corrected chi connectivity index (χ1v) is 20.6. The van der Waals surface area contributed by atoms with Crippen molar-refractivity contribution in [2.75, 3.05) is 0 Å². The average molecular weight is 653 g/mol. The monoisotopic (exact) mass is 653 g/mol. The van der Waals surface area contributed by atoms with Gasteiger partial charge in [-0.2, -0.15) is 0 Å². The van der Waals surface area contributed by atoms with E-state index < -0.39 is 0 Å². The van der Waals surface area contributed by atoms with E-state index in [0.717, 1.165) is 38.5 Å². The van der Waals surface area contributed by atoms with E-state index in [2.05, 4.69) is 68.4 Å². The molecule has 0 aromatic carbocycles. The van der Waals surface area contributed by atoms with E-state index >= 15 is 0 Å². The zero-order chi connectivity index (χ0) is 34.3. The van der Waals surface area contributed by atoms with Crippen molar-refractivity contribution in [3.05, 3.63) is 11.6 Å². The lowest BCUT2D eigenvalue weighted by Gasteiger charge is -2.72. The Morgan fingerprint density at radius 2 is 1.36 bits per heavy atom. The molecule has 5 rings (SSSR count). The fourth-order valence-electron chi connectivity index (χ4n) is 12.9. The highest BCUT2D eigenvalue weighted by molar-refractivity contribution is 5.69. The van der Waals surface area contributed by atoms with Crippen molar-refractivity contribution in [2.45, 2.75) is 209 Å². The summed E-state index contributed by atoms with van der Waals surface area (Å²) in [6, 6.07) is 0. The molecule has 3 heteroatoms. The van der Waals surface area contributed by atoms with Crippen LogP contribution in [-0.2, 0) is 9.53 Å². The van der Waals surface area contributed by atoms with E-state index in [4.69, 9.17) is 4.74 Å². The van der Waals surface area contributed by atoms with Crippen LogP contribution in [0.2, 0.25) is 0 Å². The van der Waals surface area contributed by atoms with Crippen LogP contribution in [0.5, 0.6) is 0 Å². The number of hydrogen-bond donors (Lipinski definition) is 1. The summed E-state index contributed by atoms with van der Waals surface area (Å²) in [5.74, 6) is 1.68. The molecule has 1 N–H and O–H groups in total. The van der Waals surface area contributed by atoms with Crippen molar-refractivity contribution in [1.82, 2.24) is 0 Å². The van der Waals surface area contributed by atoms with Gasteiger partial charge in [-0.3, -0.25) is 4.79 Å². The summed E-state index contributed by atoms with van der Waals surface area (Å²) in [6.45, 7) is 22.2. The van der Waals surface area contributed by atoms with E-state index in [-0.39, 0.29) is 45.3 Å². The topological polar surface area (TPSA) is 46.5 Å². The van der Waals surface area contributed by atoms with Crippen molar-refractivity contribution < 1.29 is 14.6 Å². The van der Waals surface area contributed by atoms with Gasteiger partial charge in [-0.05, 0) is 104 Å². The summed E-state index contributed by atoms with van der Waals surface area (Å²) in [7, 11) is 0. The Kier molecular flexibility index (Phi) is 11.2. The van der Waals surface area contributed by atoms with Crippen molar-refractivity contribution in [3.8, 4) is 0 Å². The molecule has 4 saturated carbocycles. The number of carbonyl (C=O) groups excluding carboxylic acids is 1. The Balaban J connectivity index is 1.19. The second kappa shape index (κ2) is 14.1. The molecule has 0 radical (unpaired) electrons. The van der Waals surface area contributed by atoms with Gasteiger partial charge in [-0.25, -0.2) is 0 Å². The minimum Gasteiger partial charge on any atom is -0.462 e. The van der Waals surface area contributed by atoms with Crippen LogP contribution < -0.4 is 0 Å². The number of carbonyl (C=O) groups is 1. The third kappa shape index (κ3) is 6.81. The minimum absolute atomic E-state index is 0.0165. The molecule has 0 aromatic heterocycles. The standard InChI is InChI=1S/C44H76O3/c1-10-11-12-13-14-15-16-17-18-19-20-21-38(46)47-37-25-26-42(7)34(40(37,4)5)24-27-43(8)35(42)23-22-32-33-30-39(2,3)28-29-41(33,6)36(45)31-44(32,43)9/h22,33-37,45H,10-21,23-31H2,1-9H3. The minimum atomic E-state index is -0.223. The molecule has 0 aliphatic heterocycles. The number of fused-ring (bicyclic) bond motifs is 7. The third-order valence-corrected chi connectivity index (χ3v) is 16.3. The quantitative estimate of drug-likeness (QED) is 0.122. The SMILES string of the molecule is CCCCCCCCCCCCCC(=O)OC1CCC2(C)C(CCC3(C)C2CC=C2C4CC(C)(C)CCC4(C)C(O)CC23C)C1(C)C. The molecule has 0 saturated heterocycles. The Labute approximate surface area is 291 Å². The Morgan fingerprint density at radius 1 is 0.745 bits per heavy atom. The fourth-order valence-corrected chi connectivity index (χ4v) is 12.9. The molecule has 9 atom stereocenters. The molecule has 0 spiro atoms. The van der Waals surface area contributed by atoms with Crippen molar-refractivity contribution in [3.63, 3.8) is 0 Å². The fraction of sp³-hybridized carbons (Fsp3) is 0.932. The summed E-state index contributed by atoms with van der Waals surface area (Å²) >= 11 is 0. The molecule has 0 heterocycles. The predicted octanol–water partition coefficient (Wildman–Crippen LogP) is 12.4. The first-order valence-electron chi connectivity index (χ1n) is 20.6. The zero-order valence-corrected chi connectivity index (χ0v) is 32.6. The number of allylic oxidation sites excluding steroid dienone is 2. The van der Waals surface area contributed by atoms with Gasteiger partial charge in [-0.1, -0.05) is 138 Å². The van der Waals surface area contributed by atoms with Gasteiger partial charge in [0.25, 0.3) is 0 Å². The summed E-state index contributed by atoms with van der Waals surface area (Å²) in [6.07, 6.45) is 27.6. The third-order valence-electron chi connectivity index (χ3n) is 16.3. The van der Waals surface area contributed by atoms with Crippen LogP contribution in [0.3, 0.4) is 0 Å². The van der Waals surface area contributed by atoms with Crippen molar-refractivity contribution in [1.29, 1.82) is 0 Å². The summed E-state index contributed by atoms with van der Waals surface area (Å²) in [5, 5.41) is 11.9. The average Bonchev–Trinajstić information content (AvgIpc) is 2.99. The molecule has 5 aliphatic rings. The Bertz CT molecular complexity index is 1120. The maximum Gasteiger partial charge on any atom is 0.306 e. The van der Waals surface area contributed by atoms with E-state index in [1.807, 2.05) is 0 Å². The molecule has 47 heavy (non-hydrogen) atoms. The Morgan fingerprint density at radius 3 is 2.00 bits per heavy atom. The van der Waals surface area contributed by atoms with E-state index in [1.165, 1.54) is 89.9 Å². The van der Waals surface area contributed by atoms with Crippen molar-refractivity contribution >= 4 is 5.97 Å². The maximum atomic E-state index is 13.1. The molecule has 0 aromatic rings. The molecule has 0 amide bonds. The maximum absolute atomic E-state index is 13.1. The van der Waals surface area contributed by atoms with Crippen LogP contribution in [0.1, 0.15) is 197 Å². The first-order chi connectivity index (χ1) is 22.1. The number of ether oxygens (including phenoxy) is 1. The summed E-state index contributed by atoms with van der Waals surface area (Å²) in [4.78, 5) is 13.1. The van der Waals surface area contributed by atoms with Crippen LogP contribution >= 0.6 is 0 Å². The lowest BCUT2D eigenvalue weighted by molar-refractivity contribution is -0.220. The predicted molar refractivity (Wildman–Crippen MR) is 197 cm³/mol. The second-order valence-electron chi connectivity index (χ2n) is 20.1. The van der Waals surface area contributed by atoms with Gasteiger partial charge in [0.2, 0.25) is 0 Å². The van der Waals surface area contributed by atoms with E-state index in [1.54, 1.807) is 5.57 Å². The molecule has 9 unspecified atom stereocenters. The first kappa shape index (κ1) is 37.4. The zero-order valence-electron chi connectivity index (χ0n) is 32.6. The van der Waals surface area contributed by atoms with Gasteiger partial charge in [0.15, 0.2) is 0 Å². The van der Waals surface area contributed by atoms with Gasteiger partial charge in [0.1, 0.15) is 6.10 Å². The molecule has 5 aliphatic carbocycles. The van der Waals surface area contributed by atoms with E-state index in [9.17, 15) is 9.90 Å². The van der Waals surface area contributed by atoms with Gasteiger partial charge >= 0.3 is 5.97 Å². The molecule has 270 valence electrons. The van der Waals surface area contributed by atoms with Crippen LogP contribution in [-0.4, -0.2) is 23.3 Å². The van der Waals surface area contributed by atoms with Gasteiger partial charge in [0.05, 0.1) is 6.10 Å². The Hall–Kier alpha value is -0.830. The highest BCUT2D eigenvalue weighted by Gasteiger charge is 2.69. The highest BCUT2D eigenvalue weighted by atomic mass is 16.5. The lowest BCUT2D eigenvalue weighted by Crippen LogP contribution is -2.66. The normalized spacial score (nSPS) is 41.9. The number of hydrogen-bond acceptors (Lipinski definition) is 3. The molecule has 0 bridgehead atoms. The van der Waals surface area contributed by atoms with Crippen LogP contribution in [0.4, 0.5) is 0 Å². The second-order valence-corrected chi connectivity index (χ2v) is 20.1. The number of rotatable bonds is 13. The highest BCUT2D eigenvalue weighted by Crippen LogP contribution is 2.75. The molecule has 3 nitrogen and oxygen atoms in total. The molecular formula is C44H76O3.